The van der Waals surface area contributed by atoms with Crippen molar-refractivity contribution in [1.29, 1.82) is 0 Å². The van der Waals surface area contributed by atoms with Gasteiger partial charge in [0.2, 0.25) is 10.0 Å². The summed E-state index contributed by atoms with van der Waals surface area (Å²) >= 11 is 7.49. The summed E-state index contributed by atoms with van der Waals surface area (Å²) in [5.41, 5.74) is 0.411. The number of carbonyl (C=O) groups excluding carboxylic acids is 2. The third kappa shape index (κ3) is 7.53. The van der Waals surface area contributed by atoms with E-state index >= 15 is 0 Å². The Hall–Kier alpha value is -2.07. The highest BCUT2D eigenvalue weighted by molar-refractivity contribution is 7.99. The number of anilines is 1. The number of carbonyl (C=O) groups is 2. The highest BCUT2D eigenvalue weighted by Gasteiger charge is 2.21. The molecular formula is C21H25ClN2O5S2. The maximum Gasteiger partial charge on any atom is 0.307 e. The number of rotatable bonds is 11. The number of sulfonamides is 1. The van der Waals surface area contributed by atoms with E-state index in [1.807, 2.05) is 18.2 Å². The van der Waals surface area contributed by atoms with Crippen LogP contribution in [0.2, 0.25) is 5.02 Å². The van der Waals surface area contributed by atoms with Gasteiger partial charge in [0, 0.05) is 29.4 Å². The van der Waals surface area contributed by atoms with Crippen LogP contribution in [-0.2, 0) is 24.3 Å². The third-order valence-electron chi connectivity index (χ3n) is 4.25. The van der Waals surface area contributed by atoms with Gasteiger partial charge in [0.25, 0.3) is 5.91 Å². The number of halogens is 1. The first kappa shape index (κ1) is 25.2. The number of nitrogens with zero attached hydrogens (tertiary/aromatic N) is 1. The summed E-state index contributed by atoms with van der Waals surface area (Å²) in [6.45, 7) is 3.87. The van der Waals surface area contributed by atoms with Gasteiger partial charge in [-0.1, -0.05) is 37.6 Å². The number of hydrogen-bond donors (Lipinski definition) is 1. The molecule has 0 aliphatic heterocycles. The molecule has 0 aliphatic carbocycles. The van der Waals surface area contributed by atoms with Gasteiger partial charge in [0.05, 0.1) is 16.3 Å². The summed E-state index contributed by atoms with van der Waals surface area (Å²) in [5, 5.41) is 3.20. The molecule has 1 N–H and O–H groups in total. The lowest BCUT2D eigenvalue weighted by atomic mass is 10.3. The smallest absolute Gasteiger partial charge is 0.307 e. The molecule has 7 nitrogen and oxygen atoms in total. The molecule has 2 aromatic rings. The van der Waals surface area contributed by atoms with Crippen LogP contribution in [0.4, 0.5) is 5.69 Å². The zero-order valence-electron chi connectivity index (χ0n) is 17.3. The lowest BCUT2D eigenvalue weighted by Crippen LogP contribution is -2.30. The quantitative estimate of drug-likeness (QED) is 0.382. The summed E-state index contributed by atoms with van der Waals surface area (Å²) in [5.74, 6) is -0.519. The van der Waals surface area contributed by atoms with E-state index in [9.17, 15) is 18.0 Å². The molecule has 0 saturated heterocycles. The molecule has 0 heterocycles. The lowest BCUT2D eigenvalue weighted by Gasteiger charge is -2.18. The highest BCUT2D eigenvalue weighted by Crippen LogP contribution is 2.27. The van der Waals surface area contributed by atoms with Crippen molar-refractivity contribution in [2.75, 3.05) is 30.8 Å². The first-order valence-corrected chi connectivity index (χ1v) is 12.5. The maximum absolute atomic E-state index is 12.5. The van der Waals surface area contributed by atoms with Crippen LogP contribution in [0.15, 0.2) is 58.3 Å². The van der Waals surface area contributed by atoms with E-state index in [1.165, 1.54) is 40.3 Å². The van der Waals surface area contributed by atoms with Crippen LogP contribution in [0.5, 0.6) is 0 Å². The Bertz CT molecular complexity index is 993. The fraction of sp³-hybridized carbons (Fsp3) is 0.333. The second-order valence-corrected chi connectivity index (χ2v) is 9.83. The van der Waals surface area contributed by atoms with Crippen molar-refractivity contribution in [3.63, 3.8) is 0 Å². The number of esters is 1. The maximum atomic E-state index is 12.5. The van der Waals surface area contributed by atoms with Gasteiger partial charge in [0.15, 0.2) is 6.61 Å². The number of benzene rings is 2. The second kappa shape index (κ2) is 12.1. The Labute approximate surface area is 192 Å². The van der Waals surface area contributed by atoms with E-state index in [-0.39, 0.29) is 11.3 Å². The van der Waals surface area contributed by atoms with E-state index in [0.29, 0.717) is 29.6 Å². The van der Waals surface area contributed by atoms with Gasteiger partial charge in [-0.25, -0.2) is 8.42 Å². The number of nitrogens with one attached hydrogen (secondary N) is 1. The lowest BCUT2D eigenvalue weighted by molar-refractivity contribution is -0.146. The molecule has 0 aromatic heterocycles. The van der Waals surface area contributed by atoms with E-state index in [1.54, 1.807) is 19.9 Å². The van der Waals surface area contributed by atoms with Crippen molar-refractivity contribution in [1.82, 2.24) is 4.31 Å². The van der Waals surface area contributed by atoms with Crippen LogP contribution in [0.25, 0.3) is 0 Å². The van der Waals surface area contributed by atoms with Crippen molar-refractivity contribution >= 4 is 50.9 Å². The van der Waals surface area contributed by atoms with E-state index in [4.69, 9.17) is 16.3 Å². The fourth-order valence-electron chi connectivity index (χ4n) is 2.64. The standard InChI is InChI=1S/C21H25ClN2O5S2/c1-3-24(4-2)31(27,28)17-11-9-16(10-12-17)23-20(25)15-29-21(26)13-14-30-19-8-6-5-7-18(19)22/h5-12H,3-4,13-15H2,1-2H3,(H,23,25). The normalized spacial score (nSPS) is 11.4. The van der Waals surface area contributed by atoms with Crippen LogP contribution in [0, 0.1) is 0 Å². The van der Waals surface area contributed by atoms with Gasteiger partial charge in [-0.05, 0) is 36.4 Å². The molecule has 0 radical (unpaired) electrons. The van der Waals surface area contributed by atoms with Gasteiger partial charge >= 0.3 is 5.97 Å². The van der Waals surface area contributed by atoms with Gasteiger partial charge in [-0.3, -0.25) is 9.59 Å². The first-order valence-electron chi connectivity index (χ1n) is 9.71. The van der Waals surface area contributed by atoms with Crippen molar-refractivity contribution in [3.05, 3.63) is 53.6 Å². The van der Waals surface area contributed by atoms with Crippen molar-refractivity contribution in [2.24, 2.45) is 0 Å². The summed E-state index contributed by atoms with van der Waals surface area (Å²) in [6.07, 6.45) is 0.140. The topological polar surface area (TPSA) is 92.8 Å². The predicted molar refractivity (Wildman–Crippen MR) is 123 cm³/mol. The van der Waals surface area contributed by atoms with Crippen LogP contribution in [0.3, 0.4) is 0 Å². The van der Waals surface area contributed by atoms with Crippen LogP contribution in [-0.4, -0.2) is 50.0 Å². The molecule has 0 unspecified atom stereocenters. The minimum Gasteiger partial charge on any atom is -0.456 e. The molecule has 1 amide bonds. The molecule has 0 fully saturated rings. The summed E-state index contributed by atoms with van der Waals surface area (Å²) in [6, 6.07) is 13.2. The molecule has 0 atom stereocenters. The number of thioether (sulfide) groups is 1. The summed E-state index contributed by atoms with van der Waals surface area (Å²) < 4.78 is 31.3. The second-order valence-electron chi connectivity index (χ2n) is 6.35. The summed E-state index contributed by atoms with van der Waals surface area (Å²) in [4.78, 5) is 24.9. The number of ether oxygens (including phenoxy) is 1. The number of hydrogen-bond acceptors (Lipinski definition) is 6. The molecule has 0 aliphatic rings. The Morgan fingerprint density at radius 3 is 2.32 bits per heavy atom. The van der Waals surface area contributed by atoms with Gasteiger partial charge in [-0.2, -0.15) is 4.31 Å². The van der Waals surface area contributed by atoms with Crippen LogP contribution in [0.1, 0.15) is 20.3 Å². The third-order valence-corrected chi connectivity index (χ3v) is 7.83. The molecule has 2 aromatic carbocycles. The summed E-state index contributed by atoms with van der Waals surface area (Å²) in [7, 11) is -3.56. The minimum absolute atomic E-state index is 0.140. The molecule has 0 bridgehead atoms. The molecule has 168 valence electrons. The minimum atomic E-state index is -3.56. The highest BCUT2D eigenvalue weighted by atomic mass is 35.5. The van der Waals surface area contributed by atoms with Crippen molar-refractivity contribution in [3.8, 4) is 0 Å². The Morgan fingerprint density at radius 1 is 1.06 bits per heavy atom. The number of amides is 1. The van der Waals surface area contributed by atoms with Crippen molar-refractivity contribution in [2.45, 2.75) is 30.1 Å². The van der Waals surface area contributed by atoms with Crippen LogP contribution < -0.4 is 5.32 Å². The largest absolute Gasteiger partial charge is 0.456 e. The molecular weight excluding hydrogens is 460 g/mol. The van der Waals surface area contributed by atoms with Crippen LogP contribution >= 0.6 is 23.4 Å². The Morgan fingerprint density at radius 2 is 1.71 bits per heavy atom. The van der Waals surface area contributed by atoms with Gasteiger partial charge in [0.1, 0.15) is 0 Å². The zero-order valence-corrected chi connectivity index (χ0v) is 19.7. The average Bonchev–Trinajstić information content (AvgIpc) is 2.75. The molecule has 31 heavy (non-hydrogen) atoms. The molecule has 0 saturated carbocycles. The Kier molecular flexibility index (Phi) is 9.83. The van der Waals surface area contributed by atoms with Gasteiger partial charge in [-0.15, -0.1) is 11.8 Å². The first-order chi connectivity index (χ1) is 14.8. The van der Waals surface area contributed by atoms with Crippen molar-refractivity contribution < 1.29 is 22.7 Å². The molecule has 10 heteroatoms. The van der Waals surface area contributed by atoms with E-state index in [0.717, 1.165) is 4.90 Å². The Balaban J connectivity index is 1.78. The van der Waals surface area contributed by atoms with Gasteiger partial charge < -0.3 is 10.1 Å². The monoisotopic (exact) mass is 484 g/mol. The van der Waals surface area contributed by atoms with E-state index in [2.05, 4.69) is 5.32 Å². The molecule has 0 spiro atoms. The average molecular weight is 485 g/mol. The SMILES string of the molecule is CCN(CC)S(=O)(=O)c1ccc(NC(=O)COC(=O)CCSc2ccccc2Cl)cc1. The van der Waals surface area contributed by atoms with E-state index < -0.39 is 28.5 Å². The predicted octanol–water partition coefficient (Wildman–Crippen LogP) is 4.03. The molecule has 2 rings (SSSR count). The fourth-order valence-corrected chi connectivity index (χ4v) is 5.27. The zero-order chi connectivity index (χ0) is 22.9.